The number of anilines is 1. The van der Waals surface area contributed by atoms with E-state index in [1.165, 1.54) is 18.7 Å². The molecule has 0 aliphatic heterocycles. The number of nitrogens with one attached hydrogen (secondary N) is 1. The van der Waals surface area contributed by atoms with Crippen molar-refractivity contribution in [3.8, 4) is 5.75 Å². The number of fused-ring (bicyclic) bond motifs is 1. The van der Waals surface area contributed by atoms with Gasteiger partial charge in [-0.2, -0.15) is 0 Å². The number of carbonyl (C=O) groups is 1. The van der Waals surface area contributed by atoms with Gasteiger partial charge in [0.05, 0.1) is 19.0 Å². The number of pyridine rings is 1. The summed E-state index contributed by atoms with van der Waals surface area (Å²) in [5.74, 6) is 0.0538. The van der Waals surface area contributed by atoms with Crippen LogP contribution in [0.3, 0.4) is 0 Å². The van der Waals surface area contributed by atoms with Gasteiger partial charge in [0, 0.05) is 18.9 Å². The van der Waals surface area contributed by atoms with Crippen LogP contribution in [0.4, 0.5) is 5.82 Å². The summed E-state index contributed by atoms with van der Waals surface area (Å²) in [5.41, 5.74) is 5.58. The fourth-order valence-corrected chi connectivity index (χ4v) is 4.83. The zero-order valence-corrected chi connectivity index (χ0v) is 19.9. The molecule has 0 saturated heterocycles. The topological polar surface area (TPSA) is 156 Å². The van der Waals surface area contributed by atoms with Gasteiger partial charge in [-0.3, -0.25) is 14.3 Å². The number of nitrogens with zero attached hydrogens (tertiary/aromatic N) is 5. The monoisotopic (exact) mass is 477 g/mol. The Labute approximate surface area is 191 Å². The van der Waals surface area contributed by atoms with Crippen molar-refractivity contribution in [2.45, 2.75) is 45.9 Å². The largest absolute Gasteiger partial charge is 0.462 e. The van der Waals surface area contributed by atoms with Crippen LogP contribution in [0.2, 0.25) is 0 Å². The molecular weight excluding hydrogens is 449 g/mol. The van der Waals surface area contributed by atoms with E-state index in [1.807, 2.05) is 0 Å². The maximum absolute atomic E-state index is 13.7. The molecule has 178 valence electrons. The number of hydrogen-bond acceptors (Lipinski definition) is 10. The quantitative estimate of drug-likeness (QED) is 0.237. The Morgan fingerprint density at radius 2 is 1.97 bits per heavy atom. The Morgan fingerprint density at radius 3 is 2.67 bits per heavy atom. The molecule has 3 aromatic heterocycles. The van der Waals surface area contributed by atoms with E-state index in [9.17, 15) is 9.36 Å². The maximum atomic E-state index is 13.7. The number of rotatable bonds is 11. The minimum absolute atomic E-state index is 0.178. The highest BCUT2D eigenvalue weighted by Crippen LogP contribution is 2.45. The van der Waals surface area contributed by atoms with E-state index < -0.39 is 19.0 Å². The number of carbonyl (C=O) groups excluding carboxylic acids is 1. The molecule has 0 bridgehead atoms. The van der Waals surface area contributed by atoms with Gasteiger partial charge in [-0.1, -0.05) is 0 Å². The van der Waals surface area contributed by atoms with Crippen LogP contribution in [0.5, 0.6) is 5.75 Å². The molecule has 3 aromatic rings. The normalized spacial score (nSPS) is 13.7. The van der Waals surface area contributed by atoms with Crippen molar-refractivity contribution in [1.82, 2.24) is 29.6 Å². The number of ether oxygens (including phenoxy) is 2. The van der Waals surface area contributed by atoms with Crippen molar-refractivity contribution in [3.05, 3.63) is 37.2 Å². The van der Waals surface area contributed by atoms with Crippen molar-refractivity contribution in [1.29, 1.82) is 0 Å². The van der Waals surface area contributed by atoms with Crippen LogP contribution in [-0.2, 0) is 25.4 Å². The Morgan fingerprint density at radius 1 is 1.24 bits per heavy atom. The summed E-state index contributed by atoms with van der Waals surface area (Å²) in [6.07, 6.45) is 5.34. The zero-order valence-electron chi connectivity index (χ0n) is 19.0. The summed E-state index contributed by atoms with van der Waals surface area (Å²) in [6.45, 7) is 7.17. The average Bonchev–Trinajstić information content (AvgIpc) is 3.15. The Balaban J connectivity index is 1.69. The van der Waals surface area contributed by atoms with Crippen LogP contribution in [0.15, 0.2) is 37.2 Å². The lowest BCUT2D eigenvalue weighted by Gasteiger charge is -2.30. The summed E-state index contributed by atoms with van der Waals surface area (Å²) in [5, 5.41) is 2.81. The molecule has 1 atom stereocenters. The molecule has 0 amide bonds. The summed E-state index contributed by atoms with van der Waals surface area (Å²) in [6, 6.07) is 3.13. The molecule has 33 heavy (non-hydrogen) atoms. The molecule has 3 N–H and O–H groups in total. The van der Waals surface area contributed by atoms with Crippen molar-refractivity contribution in [2.24, 2.45) is 0 Å². The lowest BCUT2D eigenvalue weighted by Crippen LogP contribution is -2.48. The summed E-state index contributed by atoms with van der Waals surface area (Å²) in [7, 11) is -3.69. The molecule has 0 fully saturated rings. The van der Waals surface area contributed by atoms with Gasteiger partial charge in [0.1, 0.15) is 29.5 Å². The summed E-state index contributed by atoms with van der Waals surface area (Å²) >= 11 is 0. The Kier molecular flexibility index (Phi) is 7.62. The summed E-state index contributed by atoms with van der Waals surface area (Å²) < 4.78 is 32.1. The first-order chi connectivity index (χ1) is 15.6. The van der Waals surface area contributed by atoms with Crippen LogP contribution >= 0.6 is 7.52 Å². The average molecular weight is 477 g/mol. The number of imidazole rings is 1. The van der Waals surface area contributed by atoms with E-state index in [0.717, 1.165) is 0 Å². The van der Waals surface area contributed by atoms with E-state index in [2.05, 4.69) is 25.0 Å². The van der Waals surface area contributed by atoms with Gasteiger partial charge < -0.3 is 24.3 Å². The zero-order chi connectivity index (χ0) is 24.1. The van der Waals surface area contributed by atoms with Crippen LogP contribution < -0.4 is 15.3 Å². The molecular formula is C20H28N7O5P. The van der Waals surface area contributed by atoms with Crippen molar-refractivity contribution >= 4 is 30.5 Å². The molecule has 0 aromatic carbocycles. The van der Waals surface area contributed by atoms with Gasteiger partial charge in [0.15, 0.2) is 11.5 Å². The number of hydrogen-bond donors (Lipinski definition) is 2. The SMILES string of the molecule is CC(C)OC(=O)C(C)(C)NP(=O)(COCCn1cnc2c(N)ncnc21)Oc1ccncc1. The number of aromatic nitrogens is 5. The van der Waals surface area contributed by atoms with E-state index in [-0.39, 0.29) is 24.9 Å². The first-order valence-corrected chi connectivity index (χ1v) is 12.1. The first kappa shape index (κ1) is 24.6. The molecule has 3 rings (SSSR count). The lowest BCUT2D eigenvalue weighted by molar-refractivity contribution is -0.153. The fourth-order valence-electron chi connectivity index (χ4n) is 2.89. The molecule has 0 radical (unpaired) electrons. The molecule has 3 heterocycles. The highest BCUT2D eigenvalue weighted by atomic mass is 31.2. The minimum atomic E-state index is -3.69. The van der Waals surface area contributed by atoms with E-state index in [0.29, 0.717) is 23.5 Å². The Hall–Kier alpha value is -3.08. The van der Waals surface area contributed by atoms with Crippen LogP contribution in [-0.4, -0.2) is 55.1 Å². The predicted octanol–water partition coefficient (Wildman–Crippen LogP) is 2.37. The highest BCUT2D eigenvalue weighted by Gasteiger charge is 2.39. The van der Waals surface area contributed by atoms with E-state index >= 15 is 0 Å². The van der Waals surface area contributed by atoms with Crippen LogP contribution in [0.1, 0.15) is 27.7 Å². The van der Waals surface area contributed by atoms with Gasteiger partial charge in [0.25, 0.3) is 0 Å². The van der Waals surface area contributed by atoms with E-state index in [4.69, 9.17) is 19.7 Å². The molecule has 13 heteroatoms. The number of nitrogens with two attached hydrogens (primary N) is 1. The molecule has 12 nitrogen and oxygen atoms in total. The molecule has 0 aliphatic rings. The highest BCUT2D eigenvalue weighted by molar-refractivity contribution is 7.57. The first-order valence-electron chi connectivity index (χ1n) is 10.3. The minimum Gasteiger partial charge on any atom is -0.462 e. The van der Waals surface area contributed by atoms with Gasteiger partial charge in [-0.05, 0) is 39.8 Å². The summed E-state index contributed by atoms with van der Waals surface area (Å²) in [4.78, 5) is 28.7. The van der Waals surface area contributed by atoms with Crippen molar-refractivity contribution in [2.75, 3.05) is 18.7 Å². The molecule has 0 aliphatic carbocycles. The molecule has 1 unspecified atom stereocenters. The number of esters is 1. The third-order valence-electron chi connectivity index (χ3n) is 4.37. The second-order valence-electron chi connectivity index (χ2n) is 8.04. The van der Waals surface area contributed by atoms with Gasteiger partial charge in [-0.25, -0.2) is 20.0 Å². The lowest BCUT2D eigenvalue weighted by atomic mass is 10.1. The van der Waals surface area contributed by atoms with Crippen LogP contribution in [0, 0.1) is 0 Å². The number of nitrogen functional groups attached to an aromatic ring is 1. The molecule has 0 saturated carbocycles. The van der Waals surface area contributed by atoms with Crippen molar-refractivity contribution < 1.29 is 23.4 Å². The van der Waals surface area contributed by atoms with Crippen LogP contribution in [0.25, 0.3) is 11.2 Å². The fraction of sp³-hybridized carbons (Fsp3) is 0.450. The standard InChI is InChI=1S/C20H28N7O5P/c1-14(2)31-19(28)20(3,4)26-33(29,32-15-5-7-22-8-6-15)13-30-10-9-27-12-25-16-17(21)23-11-24-18(16)27/h5-8,11-12,14H,9-10,13H2,1-4H3,(H,26,29)(H2,21,23,24). The van der Waals surface area contributed by atoms with E-state index in [1.54, 1.807) is 50.7 Å². The van der Waals surface area contributed by atoms with Gasteiger partial charge >= 0.3 is 13.5 Å². The second kappa shape index (κ2) is 10.2. The van der Waals surface area contributed by atoms with Gasteiger partial charge in [-0.15, -0.1) is 0 Å². The third-order valence-corrected chi connectivity index (χ3v) is 6.30. The smallest absolute Gasteiger partial charge is 0.342 e. The Bertz CT molecular complexity index is 1140. The van der Waals surface area contributed by atoms with Gasteiger partial charge in [0.2, 0.25) is 0 Å². The molecule has 0 spiro atoms. The second-order valence-corrected chi connectivity index (χ2v) is 10.1. The third kappa shape index (κ3) is 6.47. The predicted molar refractivity (Wildman–Crippen MR) is 121 cm³/mol. The van der Waals surface area contributed by atoms with Crippen molar-refractivity contribution in [3.63, 3.8) is 0 Å². The maximum Gasteiger partial charge on any atom is 0.342 e.